The van der Waals surface area contributed by atoms with Gasteiger partial charge in [-0.25, -0.2) is 24.3 Å². The van der Waals surface area contributed by atoms with E-state index in [0.717, 1.165) is 32.2 Å². The SMILES string of the molecule is CN(C)C(=O)C1CCC(CNc2ncc3ncnc(Nc4ccc(F)c(Cl)c4)c3n2)CC1. The van der Waals surface area contributed by atoms with E-state index in [1.165, 1.54) is 18.5 Å². The second kappa shape index (κ2) is 9.60. The van der Waals surface area contributed by atoms with Gasteiger partial charge in [-0.05, 0) is 49.8 Å². The van der Waals surface area contributed by atoms with Crippen molar-refractivity contribution in [1.29, 1.82) is 0 Å². The van der Waals surface area contributed by atoms with Crippen molar-refractivity contribution in [3.05, 3.63) is 41.6 Å². The van der Waals surface area contributed by atoms with Crippen LogP contribution in [-0.2, 0) is 4.79 Å². The van der Waals surface area contributed by atoms with Crippen LogP contribution < -0.4 is 10.6 Å². The molecule has 1 aliphatic rings. The number of anilines is 3. The first-order valence-electron chi connectivity index (χ1n) is 10.6. The zero-order valence-corrected chi connectivity index (χ0v) is 18.7. The molecule has 2 N–H and O–H groups in total. The van der Waals surface area contributed by atoms with Crippen LogP contribution in [0.15, 0.2) is 30.7 Å². The highest BCUT2D eigenvalue weighted by atomic mass is 35.5. The summed E-state index contributed by atoms with van der Waals surface area (Å²) >= 11 is 5.88. The van der Waals surface area contributed by atoms with E-state index in [0.29, 0.717) is 34.4 Å². The van der Waals surface area contributed by atoms with Crippen LogP contribution in [0, 0.1) is 17.7 Å². The Morgan fingerprint density at radius 3 is 2.69 bits per heavy atom. The predicted octanol–water partition coefficient (Wildman–Crippen LogP) is 4.26. The Kier molecular flexibility index (Phi) is 6.64. The number of carbonyl (C=O) groups is 1. The predicted molar refractivity (Wildman–Crippen MR) is 122 cm³/mol. The average molecular weight is 458 g/mol. The Balaban J connectivity index is 1.43. The van der Waals surface area contributed by atoms with Gasteiger partial charge in [-0.2, -0.15) is 0 Å². The van der Waals surface area contributed by atoms with Crippen LogP contribution in [0.4, 0.5) is 21.8 Å². The van der Waals surface area contributed by atoms with Crippen molar-refractivity contribution >= 4 is 46.0 Å². The molecule has 0 radical (unpaired) electrons. The summed E-state index contributed by atoms with van der Waals surface area (Å²) in [6, 6.07) is 4.35. The topological polar surface area (TPSA) is 95.9 Å². The lowest BCUT2D eigenvalue weighted by molar-refractivity contribution is -0.134. The highest BCUT2D eigenvalue weighted by Crippen LogP contribution is 2.30. The maximum absolute atomic E-state index is 13.4. The Morgan fingerprint density at radius 1 is 1.19 bits per heavy atom. The maximum Gasteiger partial charge on any atom is 0.225 e. The molecule has 0 unspecified atom stereocenters. The zero-order chi connectivity index (χ0) is 22.7. The monoisotopic (exact) mass is 457 g/mol. The largest absolute Gasteiger partial charge is 0.354 e. The van der Waals surface area contributed by atoms with Crippen LogP contribution in [0.2, 0.25) is 5.02 Å². The van der Waals surface area contributed by atoms with Crippen LogP contribution in [0.25, 0.3) is 11.0 Å². The van der Waals surface area contributed by atoms with Crippen molar-refractivity contribution in [1.82, 2.24) is 24.8 Å². The van der Waals surface area contributed by atoms with Crippen molar-refractivity contribution in [3.63, 3.8) is 0 Å². The van der Waals surface area contributed by atoms with Crippen LogP contribution in [0.5, 0.6) is 0 Å². The molecule has 1 aliphatic carbocycles. The van der Waals surface area contributed by atoms with Crippen LogP contribution >= 0.6 is 11.6 Å². The molecule has 2 aromatic heterocycles. The molecular formula is C22H25ClFN7O. The van der Waals surface area contributed by atoms with Crippen molar-refractivity contribution < 1.29 is 9.18 Å². The zero-order valence-electron chi connectivity index (χ0n) is 18.0. The lowest BCUT2D eigenvalue weighted by Gasteiger charge is -2.29. The Morgan fingerprint density at radius 2 is 1.97 bits per heavy atom. The van der Waals surface area contributed by atoms with Crippen LogP contribution in [-0.4, -0.2) is 51.4 Å². The van der Waals surface area contributed by atoms with Gasteiger partial charge in [-0.15, -0.1) is 0 Å². The number of halogens is 2. The molecule has 0 saturated heterocycles. The first kappa shape index (κ1) is 22.1. The van der Waals surface area contributed by atoms with Crippen molar-refractivity contribution in [2.45, 2.75) is 25.7 Å². The number of aromatic nitrogens is 4. The molecule has 32 heavy (non-hydrogen) atoms. The molecule has 0 bridgehead atoms. The molecule has 168 valence electrons. The number of hydrogen-bond donors (Lipinski definition) is 2. The van der Waals surface area contributed by atoms with Gasteiger partial charge < -0.3 is 15.5 Å². The third-order valence-corrected chi connectivity index (χ3v) is 6.04. The number of nitrogens with one attached hydrogen (secondary N) is 2. The van der Waals surface area contributed by atoms with Crippen LogP contribution in [0.3, 0.4) is 0 Å². The molecule has 1 amide bonds. The number of carbonyl (C=O) groups excluding carboxylic acids is 1. The highest BCUT2D eigenvalue weighted by Gasteiger charge is 2.27. The minimum absolute atomic E-state index is 0.0207. The third-order valence-electron chi connectivity index (χ3n) is 5.75. The van der Waals surface area contributed by atoms with Gasteiger partial charge in [0.25, 0.3) is 0 Å². The summed E-state index contributed by atoms with van der Waals surface area (Å²) in [5.74, 6) is 1.29. The summed E-state index contributed by atoms with van der Waals surface area (Å²) in [6.45, 7) is 0.735. The first-order chi connectivity index (χ1) is 15.4. The van der Waals surface area contributed by atoms with Gasteiger partial charge in [-0.1, -0.05) is 11.6 Å². The summed E-state index contributed by atoms with van der Waals surface area (Å²) < 4.78 is 13.4. The van der Waals surface area contributed by atoms with Crippen molar-refractivity contribution in [3.8, 4) is 0 Å². The highest BCUT2D eigenvalue weighted by molar-refractivity contribution is 6.31. The lowest BCUT2D eigenvalue weighted by atomic mass is 9.81. The molecule has 1 saturated carbocycles. The first-order valence-corrected chi connectivity index (χ1v) is 10.9. The Hall–Kier alpha value is -3.07. The molecule has 0 aliphatic heterocycles. The Labute approximate surface area is 190 Å². The van der Waals surface area contributed by atoms with Gasteiger partial charge >= 0.3 is 0 Å². The van der Waals surface area contributed by atoms with Gasteiger partial charge in [0.2, 0.25) is 11.9 Å². The molecule has 10 heteroatoms. The van der Waals surface area contributed by atoms with E-state index in [2.05, 4.69) is 30.6 Å². The maximum atomic E-state index is 13.4. The summed E-state index contributed by atoms with van der Waals surface area (Å²) in [5.41, 5.74) is 1.73. The fourth-order valence-electron chi connectivity index (χ4n) is 3.96. The lowest BCUT2D eigenvalue weighted by Crippen LogP contribution is -2.33. The van der Waals surface area contributed by atoms with E-state index in [-0.39, 0.29) is 16.8 Å². The number of benzene rings is 1. The third kappa shape index (κ3) is 5.04. The molecule has 1 fully saturated rings. The minimum atomic E-state index is -0.487. The van der Waals surface area contributed by atoms with E-state index in [1.807, 2.05) is 14.1 Å². The van der Waals surface area contributed by atoms with E-state index < -0.39 is 5.82 Å². The number of rotatable bonds is 6. The number of amides is 1. The van der Waals surface area contributed by atoms with E-state index in [9.17, 15) is 9.18 Å². The fraction of sp³-hybridized carbons (Fsp3) is 0.409. The molecular weight excluding hydrogens is 433 g/mol. The fourth-order valence-corrected chi connectivity index (χ4v) is 4.14. The second-order valence-corrected chi connectivity index (χ2v) is 8.64. The molecule has 3 aromatic rings. The molecule has 0 spiro atoms. The number of hydrogen-bond acceptors (Lipinski definition) is 7. The van der Waals surface area contributed by atoms with E-state index in [4.69, 9.17) is 11.6 Å². The molecule has 1 aromatic carbocycles. The molecule has 8 nitrogen and oxygen atoms in total. The molecule has 4 rings (SSSR count). The quantitative estimate of drug-likeness (QED) is 0.570. The van der Waals surface area contributed by atoms with Crippen LogP contribution in [0.1, 0.15) is 25.7 Å². The smallest absolute Gasteiger partial charge is 0.225 e. The summed E-state index contributed by atoms with van der Waals surface area (Å²) in [6.07, 6.45) is 6.85. The van der Waals surface area contributed by atoms with Crippen molar-refractivity contribution in [2.75, 3.05) is 31.3 Å². The van der Waals surface area contributed by atoms with Gasteiger partial charge in [0, 0.05) is 32.2 Å². The normalized spacial score (nSPS) is 18.4. The molecule has 0 atom stereocenters. The molecule has 2 heterocycles. The van der Waals surface area contributed by atoms with Gasteiger partial charge in [-0.3, -0.25) is 4.79 Å². The van der Waals surface area contributed by atoms with Gasteiger partial charge in [0.05, 0.1) is 11.2 Å². The van der Waals surface area contributed by atoms with E-state index in [1.54, 1.807) is 17.2 Å². The number of fused-ring (bicyclic) bond motifs is 1. The second-order valence-electron chi connectivity index (χ2n) is 8.23. The summed E-state index contributed by atoms with van der Waals surface area (Å²) in [4.78, 5) is 31.3. The minimum Gasteiger partial charge on any atom is -0.354 e. The van der Waals surface area contributed by atoms with Gasteiger partial charge in [0.15, 0.2) is 5.82 Å². The van der Waals surface area contributed by atoms with Gasteiger partial charge in [0.1, 0.15) is 23.2 Å². The van der Waals surface area contributed by atoms with E-state index >= 15 is 0 Å². The standard InChI is InChI=1S/C22H25ClFN7O/c1-31(2)21(32)14-5-3-13(4-6-14)10-25-22-26-11-18-19(30-22)20(28-12-27-18)29-15-7-8-17(24)16(23)9-15/h7-9,11-14H,3-6,10H2,1-2H3,(H,25,26,30)(H,27,28,29). The summed E-state index contributed by atoms with van der Waals surface area (Å²) in [7, 11) is 3.62. The average Bonchev–Trinajstić information content (AvgIpc) is 2.80. The van der Waals surface area contributed by atoms with Crippen molar-refractivity contribution in [2.24, 2.45) is 11.8 Å². The number of nitrogens with zero attached hydrogens (tertiary/aromatic N) is 5. The Bertz CT molecular complexity index is 1120. The summed E-state index contributed by atoms with van der Waals surface area (Å²) in [5, 5.41) is 6.45.